The number of para-hydroxylation sites is 2. The highest BCUT2D eigenvalue weighted by Crippen LogP contribution is 2.30. The van der Waals surface area contributed by atoms with E-state index in [1.807, 2.05) is 53.8 Å². The fourth-order valence-electron chi connectivity index (χ4n) is 3.57. The van der Waals surface area contributed by atoms with Crippen LogP contribution in [0.1, 0.15) is 36.2 Å². The minimum Gasteiger partial charge on any atom is -0.344 e. The molecule has 6 nitrogen and oxygen atoms in total. The van der Waals surface area contributed by atoms with Crippen LogP contribution in [0.4, 0.5) is 0 Å². The zero-order valence-corrected chi connectivity index (χ0v) is 14.0. The summed E-state index contributed by atoms with van der Waals surface area (Å²) in [5, 5.41) is 0. The van der Waals surface area contributed by atoms with Gasteiger partial charge in [-0.05, 0) is 38.8 Å². The van der Waals surface area contributed by atoms with E-state index in [0.29, 0.717) is 6.54 Å². The normalized spacial score (nSPS) is 17.8. The molecule has 1 amide bonds. The number of nitrogens with one attached hydrogen (secondary N) is 1. The van der Waals surface area contributed by atoms with Crippen LogP contribution in [0.3, 0.4) is 0 Å². The van der Waals surface area contributed by atoms with Gasteiger partial charge in [0.15, 0.2) is 0 Å². The summed E-state index contributed by atoms with van der Waals surface area (Å²) in [7, 11) is 0. The van der Waals surface area contributed by atoms with Crippen LogP contribution in [0.15, 0.2) is 30.5 Å². The van der Waals surface area contributed by atoms with Gasteiger partial charge in [0.25, 0.3) is 0 Å². The third-order valence-corrected chi connectivity index (χ3v) is 4.75. The molecule has 124 valence electrons. The molecule has 1 N–H and O–H groups in total. The standard InChI is InChI=1S/C18H21N5O/c1-12-10-19-18(20-12)16-8-5-9-22(16)17(24)11-23-13(2)21-14-6-3-4-7-15(14)23/h3-4,6-7,10,16H,5,8-9,11H2,1-2H3,(H,19,20)/t16-/m1/s1. The molecule has 0 unspecified atom stereocenters. The molecule has 4 rings (SSSR count). The van der Waals surface area contributed by atoms with E-state index < -0.39 is 0 Å². The van der Waals surface area contributed by atoms with Gasteiger partial charge in [0, 0.05) is 18.4 Å². The minimum atomic E-state index is 0.0568. The number of aromatic amines is 1. The SMILES string of the molecule is Cc1cnc([C@H]2CCCN2C(=O)Cn2c(C)nc3ccccc32)[nH]1. The first-order valence-corrected chi connectivity index (χ1v) is 8.36. The maximum absolute atomic E-state index is 12.9. The number of hydrogen-bond acceptors (Lipinski definition) is 3. The fraction of sp³-hybridized carbons (Fsp3) is 0.389. The molecule has 0 saturated carbocycles. The van der Waals surface area contributed by atoms with E-state index in [0.717, 1.165) is 47.8 Å². The molecule has 2 aromatic heterocycles. The number of rotatable bonds is 3. The number of hydrogen-bond donors (Lipinski definition) is 1. The van der Waals surface area contributed by atoms with Crippen LogP contribution in [0.5, 0.6) is 0 Å². The van der Waals surface area contributed by atoms with Crippen molar-refractivity contribution in [2.45, 2.75) is 39.3 Å². The van der Waals surface area contributed by atoms with Crippen LogP contribution in [-0.4, -0.2) is 36.9 Å². The Morgan fingerprint density at radius 1 is 1.33 bits per heavy atom. The van der Waals surface area contributed by atoms with Crippen molar-refractivity contribution in [3.05, 3.63) is 47.8 Å². The Kier molecular flexibility index (Phi) is 3.59. The molecular weight excluding hydrogens is 302 g/mol. The Bertz CT molecular complexity index is 894. The first kappa shape index (κ1) is 14.9. The Morgan fingerprint density at radius 2 is 2.17 bits per heavy atom. The lowest BCUT2D eigenvalue weighted by atomic mass is 10.2. The number of aromatic nitrogens is 4. The third kappa shape index (κ3) is 2.48. The van der Waals surface area contributed by atoms with Gasteiger partial charge in [0.1, 0.15) is 18.2 Å². The third-order valence-electron chi connectivity index (χ3n) is 4.75. The molecule has 1 fully saturated rings. The maximum Gasteiger partial charge on any atom is 0.243 e. The quantitative estimate of drug-likeness (QED) is 0.806. The molecule has 1 saturated heterocycles. The second-order valence-corrected chi connectivity index (χ2v) is 6.43. The van der Waals surface area contributed by atoms with Crippen molar-refractivity contribution in [2.24, 2.45) is 0 Å². The van der Waals surface area contributed by atoms with Crippen molar-refractivity contribution in [1.29, 1.82) is 0 Å². The summed E-state index contributed by atoms with van der Waals surface area (Å²) in [6.45, 7) is 5.04. The number of likely N-dealkylation sites (tertiary alicyclic amines) is 1. The molecule has 24 heavy (non-hydrogen) atoms. The van der Waals surface area contributed by atoms with Gasteiger partial charge in [0.2, 0.25) is 5.91 Å². The molecule has 0 aliphatic carbocycles. The summed E-state index contributed by atoms with van der Waals surface area (Å²) in [4.78, 5) is 27.1. The zero-order chi connectivity index (χ0) is 16.7. The lowest BCUT2D eigenvalue weighted by Gasteiger charge is -2.24. The van der Waals surface area contributed by atoms with E-state index >= 15 is 0 Å². The molecule has 1 atom stereocenters. The van der Waals surface area contributed by atoms with E-state index in [1.165, 1.54) is 0 Å². The average molecular weight is 323 g/mol. The van der Waals surface area contributed by atoms with Crippen molar-refractivity contribution < 1.29 is 4.79 Å². The molecule has 6 heteroatoms. The van der Waals surface area contributed by atoms with Crippen LogP contribution < -0.4 is 0 Å². The maximum atomic E-state index is 12.9. The summed E-state index contributed by atoms with van der Waals surface area (Å²) in [5.41, 5.74) is 2.97. The summed E-state index contributed by atoms with van der Waals surface area (Å²) < 4.78 is 2.00. The van der Waals surface area contributed by atoms with Crippen LogP contribution in [0.25, 0.3) is 11.0 Å². The van der Waals surface area contributed by atoms with Crippen LogP contribution in [0, 0.1) is 13.8 Å². The molecule has 3 heterocycles. The van der Waals surface area contributed by atoms with Gasteiger partial charge in [0.05, 0.1) is 17.1 Å². The molecule has 3 aromatic rings. The Morgan fingerprint density at radius 3 is 2.96 bits per heavy atom. The molecule has 1 aromatic carbocycles. The number of benzene rings is 1. The lowest BCUT2D eigenvalue weighted by Crippen LogP contribution is -2.34. The van der Waals surface area contributed by atoms with Gasteiger partial charge in [-0.15, -0.1) is 0 Å². The Hall–Kier alpha value is -2.63. The van der Waals surface area contributed by atoms with Gasteiger partial charge in [-0.25, -0.2) is 9.97 Å². The monoisotopic (exact) mass is 323 g/mol. The zero-order valence-electron chi connectivity index (χ0n) is 14.0. The topological polar surface area (TPSA) is 66.8 Å². The molecule has 0 spiro atoms. The van der Waals surface area contributed by atoms with Crippen LogP contribution >= 0.6 is 0 Å². The summed E-state index contributed by atoms with van der Waals surface area (Å²) >= 11 is 0. The van der Waals surface area contributed by atoms with Crippen molar-refractivity contribution >= 4 is 16.9 Å². The van der Waals surface area contributed by atoms with E-state index in [2.05, 4.69) is 15.0 Å². The minimum absolute atomic E-state index is 0.0568. The highest BCUT2D eigenvalue weighted by molar-refractivity contribution is 5.81. The second-order valence-electron chi connectivity index (χ2n) is 6.43. The van der Waals surface area contributed by atoms with Crippen molar-refractivity contribution in [2.75, 3.05) is 6.54 Å². The molecule has 1 aliphatic rings. The van der Waals surface area contributed by atoms with E-state index in [1.54, 1.807) is 0 Å². The smallest absolute Gasteiger partial charge is 0.243 e. The number of H-pyrrole nitrogens is 1. The predicted octanol–water partition coefficient (Wildman–Crippen LogP) is 2.74. The molecule has 1 aliphatic heterocycles. The van der Waals surface area contributed by atoms with Gasteiger partial charge < -0.3 is 14.5 Å². The number of imidazole rings is 2. The number of carbonyl (C=O) groups is 1. The van der Waals surface area contributed by atoms with Gasteiger partial charge >= 0.3 is 0 Å². The summed E-state index contributed by atoms with van der Waals surface area (Å²) in [6, 6.07) is 8.00. The second kappa shape index (κ2) is 5.78. The highest BCUT2D eigenvalue weighted by Gasteiger charge is 2.32. The fourth-order valence-corrected chi connectivity index (χ4v) is 3.57. The van der Waals surface area contributed by atoms with Crippen molar-refractivity contribution in [1.82, 2.24) is 24.4 Å². The Balaban J connectivity index is 1.60. The number of aryl methyl sites for hydroxylation is 2. The van der Waals surface area contributed by atoms with Crippen molar-refractivity contribution in [3.8, 4) is 0 Å². The van der Waals surface area contributed by atoms with Gasteiger partial charge in [-0.1, -0.05) is 12.1 Å². The van der Waals surface area contributed by atoms with E-state index in [9.17, 15) is 4.79 Å². The van der Waals surface area contributed by atoms with Gasteiger partial charge in [-0.2, -0.15) is 0 Å². The van der Waals surface area contributed by atoms with E-state index in [-0.39, 0.29) is 11.9 Å². The summed E-state index contributed by atoms with van der Waals surface area (Å²) in [6.07, 6.45) is 3.80. The number of nitrogens with zero attached hydrogens (tertiary/aromatic N) is 4. The molecular formula is C18H21N5O. The Labute approximate surface area is 140 Å². The molecule has 0 radical (unpaired) electrons. The van der Waals surface area contributed by atoms with Crippen molar-refractivity contribution in [3.63, 3.8) is 0 Å². The van der Waals surface area contributed by atoms with Gasteiger partial charge in [-0.3, -0.25) is 4.79 Å². The summed E-state index contributed by atoms with van der Waals surface area (Å²) in [5.74, 6) is 1.89. The van der Waals surface area contributed by atoms with Crippen LogP contribution in [0.2, 0.25) is 0 Å². The number of fused-ring (bicyclic) bond motifs is 1. The largest absolute Gasteiger partial charge is 0.344 e. The predicted molar refractivity (Wildman–Crippen MR) is 91.5 cm³/mol. The van der Waals surface area contributed by atoms with E-state index in [4.69, 9.17) is 0 Å². The first-order chi connectivity index (χ1) is 11.6. The average Bonchev–Trinajstić information content (AvgIpc) is 3.27. The number of carbonyl (C=O) groups excluding carboxylic acids is 1. The van der Waals surface area contributed by atoms with Crippen LogP contribution in [-0.2, 0) is 11.3 Å². The number of amides is 1. The molecule has 0 bridgehead atoms. The lowest BCUT2D eigenvalue weighted by molar-refractivity contribution is -0.132. The first-order valence-electron chi connectivity index (χ1n) is 8.36. The highest BCUT2D eigenvalue weighted by atomic mass is 16.2.